The van der Waals surface area contributed by atoms with Crippen LogP contribution < -0.4 is 0 Å². The summed E-state index contributed by atoms with van der Waals surface area (Å²) in [6, 6.07) is 25.5. The predicted molar refractivity (Wildman–Crippen MR) is 105 cm³/mol. The first-order valence-electron chi connectivity index (χ1n) is 8.38. The summed E-state index contributed by atoms with van der Waals surface area (Å²) in [7, 11) is 0. The van der Waals surface area contributed by atoms with Crippen LogP contribution in [0.3, 0.4) is 0 Å². The maximum absolute atomic E-state index is 3.90. The minimum Gasteiger partial charge on any atom is -0.292 e. The van der Waals surface area contributed by atoms with Gasteiger partial charge in [0.25, 0.3) is 0 Å². The van der Waals surface area contributed by atoms with Crippen molar-refractivity contribution in [3.8, 4) is 0 Å². The molecule has 0 heterocycles. The van der Waals surface area contributed by atoms with Crippen molar-refractivity contribution in [2.24, 2.45) is 0 Å². The molecular formula is C23H23N. The summed E-state index contributed by atoms with van der Waals surface area (Å²) in [4.78, 5) is 2.40. The zero-order valence-electron chi connectivity index (χ0n) is 13.9. The molecule has 0 spiro atoms. The summed E-state index contributed by atoms with van der Waals surface area (Å²) in [6.45, 7) is 6.61. The van der Waals surface area contributed by atoms with Gasteiger partial charge in [0.1, 0.15) is 0 Å². The maximum Gasteiger partial charge on any atom is 0.0246 e. The lowest BCUT2D eigenvalue weighted by Crippen LogP contribution is -2.23. The molecule has 0 aromatic heterocycles. The van der Waals surface area contributed by atoms with Gasteiger partial charge in [0.15, 0.2) is 0 Å². The van der Waals surface area contributed by atoms with Gasteiger partial charge >= 0.3 is 0 Å². The molecular weight excluding hydrogens is 290 g/mol. The molecule has 0 fully saturated rings. The average molecular weight is 313 g/mol. The zero-order valence-corrected chi connectivity index (χ0v) is 13.9. The molecule has 1 heteroatoms. The fourth-order valence-corrected chi connectivity index (χ4v) is 2.96. The van der Waals surface area contributed by atoms with Crippen LogP contribution in [0, 0.1) is 0 Å². The summed E-state index contributed by atoms with van der Waals surface area (Å²) in [5, 5.41) is 2.63. The Morgan fingerprint density at radius 2 is 1.54 bits per heavy atom. The third-order valence-corrected chi connectivity index (χ3v) is 4.13. The first-order valence-corrected chi connectivity index (χ1v) is 8.38. The van der Waals surface area contributed by atoms with Crippen LogP contribution in [0.15, 0.2) is 91.5 Å². The second-order valence-electron chi connectivity index (χ2n) is 5.93. The topological polar surface area (TPSA) is 3.24 Å². The minimum atomic E-state index is 0.877. The quantitative estimate of drug-likeness (QED) is 0.518. The lowest BCUT2D eigenvalue weighted by molar-refractivity contribution is 0.329. The molecule has 0 unspecified atom stereocenters. The first-order chi connectivity index (χ1) is 11.9. The fraction of sp³-hybridized carbons (Fsp3) is 0.130. The Bertz CT molecular complexity index is 812. The molecule has 0 radical (unpaired) electrons. The van der Waals surface area contributed by atoms with E-state index in [9.17, 15) is 0 Å². The second kappa shape index (κ2) is 8.28. The predicted octanol–water partition coefficient (Wildman–Crippen LogP) is 5.54. The Kier molecular flexibility index (Phi) is 5.60. The summed E-state index contributed by atoms with van der Waals surface area (Å²) >= 11 is 0. The van der Waals surface area contributed by atoms with Gasteiger partial charge in [-0.2, -0.15) is 0 Å². The molecule has 120 valence electrons. The van der Waals surface area contributed by atoms with Crippen molar-refractivity contribution in [3.63, 3.8) is 0 Å². The van der Waals surface area contributed by atoms with E-state index in [0.717, 1.165) is 19.6 Å². The van der Waals surface area contributed by atoms with Crippen molar-refractivity contribution in [2.45, 2.75) is 6.54 Å². The van der Waals surface area contributed by atoms with Crippen LogP contribution in [-0.4, -0.2) is 18.0 Å². The highest BCUT2D eigenvalue weighted by Crippen LogP contribution is 2.20. The number of benzene rings is 3. The van der Waals surface area contributed by atoms with E-state index >= 15 is 0 Å². The SMILES string of the molecule is C=CCN(C/C=C/c1ccccc1)Cc1cccc2ccccc12. The van der Waals surface area contributed by atoms with E-state index in [-0.39, 0.29) is 0 Å². The molecule has 0 atom stereocenters. The van der Waals surface area contributed by atoms with Crippen molar-refractivity contribution in [1.29, 1.82) is 0 Å². The van der Waals surface area contributed by atoms with Crippen molar-refractivity contribution in [2.75, 3.05) is 13.1 Å². The van der Waals surface area contributed by atoms with Crippen LogP contribution in [0.25, 0.3) is 16.8 Å². The molecule has 0 N–H and O–H groups in total. The Balaban J connectivity index is 1.73. The molecule has 0 aliphatic carbocycles. The van der Waals surface area contributed by atoms with Crippen molar-refractivity contribution in [1.82, 2.24) is 4.90 Å². The van der Waals surface area contributed by atoms with Gasteiger partial charge in [0, 0.05) is 19.6 Å². The molecule has 0 saturated heterocycles. The number of rotatable bonds is 7. The van der Waals surface area contributed by atoms with Gasteiger partial charge in [0.05, 0.1) is 0 Å². The van der Waals surface area contributed by atoms with Crippen molar-refractivity contribution >= 4 is 16.8 Å². The first kappa shape index (κ1) is 16.2. The van der Waals surface area contributed by atoms with E-state index in [2.05, 4.69) is 90.4 Å². The van der Waals surface area contributed by atoms with E-state index in [1.807, 2.05) is 12.1 Å². The highest BCUT2D eigenvalue weighted by molar-refractivity contribution is 5.85. The van der Waals surface area contributed by atoms with Crippen molar-refractivity contribution < 1.29 is 0 Å². The third-order valence-electron chi connectivity index (χ3n) is 4.13. The van der Waals surface area contributed by atoms with Gasteiger partial charge in [-0.05, 0) is 21.9 Å². The Morgan fingerprint density at radius 1 is 0.792 bits per heavy atom. The molecule has 0 aliphatic heterocycles. The molecule has 3 aromatic rings. The normalized spacial score (nSPS) is 11.4. The van der Waals surface area contributed by atoms with Crippen LogP contribution in [0.4, 0.5) is 0 Å². The van der Waals surface area contributed by atoms with Gasteiger partial charge < -0.3 is 0 Å². The monoisotopic (exact) mass is 313 g/mol. The van der Waals surface area contributed by atoms with Crippen LogP contribution in [0.5, 0.6) is 0 Å². The Morgan fingerprint density at radius 3 is 2.38 bits per heavy atom. The summed E-state index contributed by atoms with van der Waals surface area (Å²) < 4.78 is 0. The number of fused-ring (bicyclic) bond motifs is 1. The van der Waals surface area contributed by atoms with Gasteiger partial charge in [-0.3, -0.25) is 4.90 Å². The molecule has 0 amide bonds. The standard InChI is InChI=1S/C23H23N/c1-2-17-24(18-9-12-20-10-4-3-5-11-20)19-22-15-8-14-21-13-6-7-16-23(21)22/h2-16H,1,17-19H2/b12-9+. The van der Waals surface area contributed by atoms with Crippen LogP contribution in [-0.2, 0) is 6.54 Å². The minimum absolute atomic E-state index is 0.877. The highest BCUT2D eigenvalue weighted by atomic mass is 15.1. The molecule has 0 bridgehead atoms. The smallest absolute Gasteiger partial charge is 0.0246 e. The molecule has 3 rings (SSSR count). The van der Waals surface area contributed by atoms with Crippen LogP contribution in [0.1, 0.15) is 11.1 Å². The van der Waals surface area contributed by atoms with E-state index < -0.39 is 0 Å². The van der Waals surface area contributed by atoms with Crippen LogP contribution >= 0.6 is 0 Å². The largest absolute Gasteiger partial charge is 0.292 e. The van der Waals surface area contributed by atoms with E-state index in [1.54, 1.807) is 0 Å². The van der Waals surface area contributed by atoms with E-state index in [4.69, 9.17) is 0 Å². The van der Waals surface area contributed by atoms with Gasteiger partial charge in [-0.1, -0.05) is 91.0 Å². The number of hydrogen-bond donors (Lipinski definition) is 0. The Hall–Kier alpha value is -2.64. The second-order valence-corrected chi connectivity index (χ2v) is 5.93. The van der Waals surface area contributed by atoms with E-state index in [1.165, 1.54) is 21.9 Å². The Labute approximate surface area is 144 Å². The third kappa shape index (κ3) is 4.21. The molecule has 3 aromatic carbocycles. The van der Waals surface area contributed by atoms with Crippen molar-refractivity contribution in [3.05, 3.63) is 103 Å². The lowest BCUT2D eigenvalue weighted by atomic mass is 10.0. The molecule has 24 heavy (non-hydrogen) atoms. The van der Waals surface area contributed by atoms with E-state index in [0.29, 0.717) is 0 Å². The van der Waals surface area contributed by atoms with Gasteiger partial charge in [-0.25, -0.2) is 0 Å². The number of nitrogens with zero attached hydrogens (tertiary/aromatic N) is 1. The summed E-state index contributed by atoms with van der Waals surface area (Å²) in [6.07, 6.45) is 6.38. The van der Waals surface area contributed by atoms with Crippen LogP contribution in [0.2, 0.25) is 0 Å². The fourth-order valence-electron chi connectivity index (χ4n) is 2.96. The maximum atomic E-state index is 3.90. The summed E-state index contributed by atoms with van der Waals surface area (Å²) in [5.74, 6) is 0. The molecule has 1 nitrogen and oxygen atoms in total. The highest BCUT2D eigenvalue weighted by Gasteiger charge is 2.05. The molecule has 0 aliphatic rings. The number of hydrogen-bond acceptors (Lipinski definition) is 1. The molecule has 0 saturated carbocycles. The van der Waals surface area contributed by atoms with Gasteiger partial charge in [-0.15, -0.1) is 6.58 Å². The zero-order chi connectivity index (χ0) is 16.6. The van der Waals surface area contributed by atoms with Gasteiger partial charge in [0.2, 0.25) is 0 Å². The lowest BCUT2D eigenvalue weighted by Gasteiger charge is -2.20. The summed E-state index contributed by atoms with van der Waals surface area (Å²) in [5.41, 5.74) is 2.60. The average Bonchev–Trinajstić information content (AvgIpc) is 2.63.